The number of anilines is 1. The molecule has 2 heterocycles. The summed E-state index contributed by atoms with van der Waals surface area (Å²) in [6, 6.07) is 1.63. The predicted octanol–water partition coefficient (Wildman–Crippen LogP) is 0.241. The van der Waals surface area contributed by atoms with E-state index in [1.54, 1.807) is 11.0 Å². The molecule has 1 aliphatic rings. The molecule has 2 unspecified atom stereocenters. The Balaban J connectivity index is 2.14. The van der Waals surface area contributed by atoms with Crippen LogP contribution in [-0.4, -0.2) is 46.3 Å². The molecule has 2 atom stereocenters. The number of nitrogen functional groups attached to an aromatic ring is 1. The lowest BCUT2D eigenvalue weighted by atomic mass is 10.2. The van der Waals surface area contributed by atoms with E-state index < -0.39 is 0 Å². The van der Waals surface area contributed by atoms with E-state index in [2.05, 4.69) is 10.2 Å². The Morgan fingerprint density at radius 3 is 3.06 bits per heavy atom. The largest absolute Gasteiger partial charge is 0.382 e. The van der Waals surface area contributed by atoms with E-state index in [4.69, 9.17) is 10.5 Å². The van der Waals surface area contributed by atoms with Crippen molar-refractivity contribution in [1.29, 1.82) is 0 Å². The Morgan fingerprint density at radius 2 is 2.44 bits per heavy atom. The fourth-order valence-corrected chi connectivity index (χ4v) is 1.79. The van der Waals surface area contributed by atoms with Crippen molar-refractivity contribution in [2.75, 3.05) is 18.9 Å². The van der Waals surface area contributed by atoms with Gasteiger partial charge in [-0.3, -0.25) is 9.89 Å². The van der Waals surface area contributed by atoms with Gasteiger partial charge in [-0.15, -0.1) is 0 Å². The summed E-state index contributed by atoms with van der Waals surface area (Å²) in [5, 5.41) is 6.38. The van der Waals surface area contributed by atoms with Gasteiger partial charge in [-0.25, -0.2) is 0 Å². The first-order valence-electron chi connectivity index (χ1n) is 5.31. The molecule has 88 valence electrons. The van der Waals surface area contributed by atoms with Crippen molar-refractivity contribution in [2.24, 2.45) is 0 Å². The number of hydrogen-bond donors (Lipinski definition) is 2. The maximum absolute atomic E-state index is 12.1. The minimum Gasteiger partial charge on any atom is -0.382 e. The first-order chi connectivity index (χ1) is 7.58. The zero-order chi connectivity index (χ0) is 11.7. The number of morpholine rings is 1. The number of amides is 1. The molecule has 1 fully saturated rings. The Bertz CT molecular complexity index is 390. The molecule has 16 heavy (non-hydrogen) atoms. The third kappa shape index (κ3) is 2.01. The molecule has 0 saturated carbocycles. The second kappa shape index (κ2) is 4.13. The first-order valence-corrected chi connectivity index (χ1v) is 5.31. The molecule has 0 spiro atoms. The van der Waals surface area contributed by atoms with Crippen LogP contribution in [0.2, 0.25) is 0 Å². The van der Waals surface area contributed by atoms with E-state index in [9.17, 15) is 4.79 Å². The standard InChI is InChI=1S/C10H16N4O2/c1-6-5-16-7(2)4-14(6)10(15)8-3-9(11)13-12-8/h3,6-7H,4-5H2,1-2H3,(H3,11,12,13). The number of carbonyl (C=O) groups excluding carboxylic acids is 1. The zero-order valence-corrected chi connectivity index (χ0v) is 9.43. The Labute approximate surface area is 93.8 Å². The molecule has 1 aromatic rings. The molecule has 1 aromatic heterocycles. The monoisotopic (exact) mass is 224 g/mol. The number of nitrogens with zero attached hydrogens (tertiary/aromatic N) is 2. The van der Waals surface area contributed by atoms with Crippen LogP contribution in [0.15, 0.2) is 6.07 Å². The topological polar surface area (TPSA) is 84.2 Å². The van der Waals surface area contributed by atoms with Crippen LogP contribution >= 0.6 is 0 Å². The van der Waals surface area contributed by atoms with E-state index in [0.717, 1.165) is 0 Å². The summed E-state index contributed by atoms with van der Waals surface area (Å²) < 4.78 is 5.47. The van der Waals surface area contributed by atoms with Crippen LogP contribution in [0.1, 0.15) is 24.3 Å². The second-order valence-electron chi connectivity index (χ2n) is 4.16. The number of ether oxygens (including phenoxy) is 1. The molecule has 6 heteroatoms. The van der Waals surface area contributed by atoms with Crippen molar-refractivity contribution in [3.05, 3.63) is 11.8 Å². The molecule has 0 aromatic carbocycles. The Hall–Kier alpha value is -1.56. The molecule has 3 N–H and O–H groups in total. The molecule has 2 rings (SSSR count). The van der Waals surface area contributed by atoms with E-state index in [1.165, 1.54) is 0 Å². The maximum Gasteiger partial charge on any atom is 0.272 e. The van der Waals surface area contributed by atoms with Crippen molar-refractivity contribution >= 4 is 11.7 Å². The van der Waals surface area contributed by atoms with Crippen LogP contribution in [0, 0.1) is 0 Å². The smallest absolute Gasteiger partial charge is 0.272 e. The van der Waals surface area contributed by atoms with Gasteiger partial charge in [-0.05, 0) is 13.8 Å². The molecule has 0 radical (unpaired) electrons. The van der Waals surface area contributed by atoms with Crippen molar-refractivity contribution in [3.63, 3.8) is 0 Å². The highest BCUT2D eigenvalue weighted by molar-refractivity contribution is 5.93. The highest BCUT2D eigenvalue weighted by Crippen LogP contribution is 2.15. The van der Waals surface area contributed by atoms with Crippen molar-refractivity contribution < 1.29 is 9.53 Å². The second-order valence-corrected chi connectivity index (χ2v) is 4.16. The Kier molecular flexibility index (Phi) is 2.82. The summed E-state index contributed by atoms with van der Waals surface area (Å²) in [4.78, 5) is 13.9. The first kappa shape index (κ1) is 10.9. The number of nitrogens with two attached hydrogens (primary N) is 1. The quantitative estimate of drug-likeness (QED) is 0.715. The molecule has 1 aliphatic heterocycles. The molecular formula is C10H16N4O2. The number of aromatic amines is 1. The van der Waals surface area contributed by atoms with Gasteiger partial charge in [0.05, 0.1) is 18.8 Å². The SMILES string of the molecule is CC1CN(C(=O)c2cc(N)n[nH]2)C(C)CO1. The third-order valence-electron chi connectivity index (χ3n) is 2.70. The number of aromatic nitrogens is 2. The molecule has 1 saturated heterocycles. The lowest BCUT2D eigenvalue weighted by Gasteiger charge is -2.36. The lowest BCUT2D eigenvalue weighted by molar-refractivity contribution is -0.0389. The molecule has 0 aliphatic carbocycles. The van der Waals surface area contributed by atoms with Crippen LogP contribution < -0.4 is 5.73 Å². The number of carbonyl (C=O) groups is 1. The highest BCUT2D eigenvalue weighted by Gasteiger charge is 2.28. The minimum atomic E-state index is -0.0770. The van der Waals surface area contributed by atoms with Gasteiger partial charge < -0.3 is 15.4 Å². The highest BCUT2D eigenvalue weighted by atomic mass is 16.5. The summed E-state index contributed by atoms with van der Waals surface area (Å²) in [5.41, 5.74) is 5.90. The Morgan fingerprint density at radius 1 is 1.69 bits per heavy atom. The number of H-pyrrole nitrogens is 1. The summed E-state index contributed by atoms with van der Waals surface area (Å²) in [5.74, 6) is 0.254. The minimum absolute atomic E-state index is 0.0698. The van der Waals surface area contributed by atoms with E-state index in [0.29, 0.717) is 24.7 Å². The van der Waals surface area contributed by atoms with Crippen molar-refractivity contribution in [2.45, 2.75) is 26.0 Å². The normalized spacial score (nSPS) is 25.8. The summed E-state index contributed by atoms with van der Waals surface area (Å²) in [6.45, 7) is 5.08. The third-order valence-corrected chi connectivity index (χ3v) is 2.70. The van der Waals surface area contributed by atoms with E-state index in [-0.39, 0.29) is 18.1 Å². The summed E-state index contributed by atoms with van der Waals surface area (Å²) in [6.07, 6.45) is 0.0698. The van der Waals surface area contributed by atoms with Gasteiger partial charge in [0, 0.05) is 12.6 Å². The van der Waals surface area contributed by atoms with Crippen LogP contribution in [0.3, 0.4) is 0 Å². The van der Waals surface area contributed by atoms with Crippen molar-refractivity contribution in [1.82, 2.24) is 15.1 Å². The van der Waals surface area contributed by atoms with Gasteiger partial charge in [0.15, 0.2) is 0 Å². The fourth-order valence-electron chi connectivity index (χ4n) is 1.79. The number of nitrogens with one attached hydrogen (secondary N) is 1. The molecule has 1 amide bonds. The molecule has 6 nitrogen and oxygen atoms in total. The summed E-state index contributed by atoms with van der Waals surface area (Å²) in [7, 11) is 0. The molecule has 0 bridgehead atoms. The van der Waals surface area contributed by atoms with E-state index in [1.807, 2.05) is 13.8 Å². The average molecular weight is 224 g/mol. The van der Waals surface area contributed by atoms with Crippen molar-refractivity contribution in [3.8, 4) is 0 Å². The zero-order valence-electron chi connectivity index (χ0n) is 9.43. The van der Waals surface area contributed by atoms with Crippen LogP contribution in [0.4, 0.5) is 5.82 Å². The van der Waals surface area contributed by atoms with Crippen LogP contribution in [0.5, 0.6) is 0 Å². The van der Waals surface area contributed by atoms with Gasteiger partial charge in [0.25, 0.3) is 5.91 Å². The van der Waals surface area contributed by atoms with Crippen LogP contribution in [0.25, 0.3) is 0 Å². The number of hydrogen-bond acceptors (Lipinski definition) is 4. The molecular weight excluding hydrogens is 208 g/mol. The van der Waals surface area contributed by atoms with E-state index >= 15 is 0 Å². The van der Waals surface area contributed by atoms with Gasteiger partial charge in [-0.2, -0.15) is 5.10 Å². The van der Waals surface area contributed by atoms with Gasteiger partial charge >= 0.3 is 0 Å². The van der Waals surface area contributed by atoms with Gasteiger partial charge in [0.2, 0.25) is 0 Å². The lowest BCUT2D eigenvalue weighted by Crippen LogP contribution is -2.50. The van der Waals surface area contributed by atoms with Gasteiger partial charge in [0.1, 0.15) is 11.5 Å². The fraction of sp³-hybridized carbons (Fsp3) is 0.600. The van der Waals surface area contributed by atoms with Gasteiger partial charge in [-0.1, -0.05) is 0 Å². The van der Waals surface area contributed by atoms with Crippen LogP contribution in [-0.2, 0) is 4.74 Å². The summed E-state index contributed by atoms with van der Waals surface area (Å²) >= 11 is 0. The number of rotatable bonds is 1. The average Bonchev–Trinajstić information content (AvgIpc) is 2.67. The predicted molar refractivity (Wildman–Crippen MR) is 58.9 cm³/mol. The maximum atomic E-state index is 12.1.